The summed E-state index contributed by atoms with van der Waals surface area (Å²) in [6, 6.07) is 3.44. The Bertz CT molecular complexity index is 425. The van der Waals surface area contributed by atoms with Gasteiger partial charge in [0.15, 0.2) is 0 Å². The van der Waals surface area contributed by atoms with Crippen LogP contribution in [-0.4, -0.2) is 42.7 Å². The SMILES string of the molecule is COCCNC(=O)CNc1ccnc(C(N)=S)c1. The van der Waals surface area contributed by atoms with Crippen molar-refractivity contribution in [1.82, 2.24) is 10.3 Å². The number of aromatic nitrogens is 1. The summed E-state index contributed by atoms with van der Waals surface area (Å²) in [5.41, 5.74) is 6.74. The Labute approximate surface area is 111 Å². The van der Waals surface area contributed by atoms with E-state index in [2.05, 4.69) is 15.6 Å². The summed E-state index contributed by atoms with van der Waals surface area (Å²) in [6.07, 6.45) is 1.58. The van der Waals surface area contributed by atoms with E-state index in [1.54, 1.807) is 25.4 Å². The summed E-state index contributed by atoms with van der Waals surface area (Å²) in [5, 5.41) is 5.66. The zero-order valence-electron chi connectivity index (χ0n) is 10.1. The molecule has 0 aliphatic heterocycles. The first-order valence-electron chi connectivity index (χ1n) is 5.39. The van der Waals surface area contributed by atoms with Crippen LogP contribution in [0, 0.1) is 0 Å². The predicted molar refractivity (Wildman–Crippen MR) is 73.5 cm³/mol. The molecule has 1 rings (SSSR count). The van der Waals surface area contributed by atoms with Crippen molar-refractivity contribution in [3.63, 3.8) is 0 Å². The number of pyridine rings is 1. The van der Waals surface area contributed by atoms with E-state index < -0.39 is 0 Å². The minimum atomic E-state index is -0.110. The lowest BCUT2D eigenvalue weighted by atomic mass is 10.3. The topological polar surface area (TPSA) is 89.3 Å². The molecule has 0 saturated heterocycles. The van der Waals surface area contributed by atoms with Gasteiger partial charge >= 0.3 is 0 Å². The number of nitrogens with two attached hydrogens (primary N) is 1. The maximum atomic E-state index is 11.4. The maximum Gasteiger partial charge on any atom is 0.239 e. The van der Waals surface area contributed by atoms with Crippen molar-refractivity contribution < 1.29 is 9.53 Å². The van der Waals surface area contributed by atoms with E-state index in [1.807, 2.05) is 0 Å². The monoisotopic (exact) mass is 268 g/mol. The first-order chi connectivity index (χ1) is 8.63. The average Bonchev–Trinajstić information content (AvgIpc) is 2.37. The summed E-state index contributed by atoms with van der Waals surface area (Å²) >= 11 is 4.82. The Morgan fingerprint density at radius 3 is 3.06 bits per heavy atom. The van der Waals surface area contributed by atoms with Gasteiger partial charge in [-0.1, -0.05) is 12.2 Å². The van der Waals surface area contributed by atoms with Gasteiger partial charge in [0.25, 0.3) is 0 Å². The molecule has 0 aliphatic rings. The molecular weight excluding hydrogens is 252 g/mol. The second-order valence-electron chi connectivity index (χ2n) is 3.49. The van der Waals surface area contributed by atoms with Crippen molar-refractivity contribution in [3.05, 3.63) is 24.0 Å². The number of anilines is 1. The van der Waals surface area contributed by atoms with Crippen LogP contribution >= 0.6 is 12.2 Å². The molecule has 7 heteroatoms. The fraction of sp³-hybridized carbons (Fsp3) is 0.364. The van der Waals surface area contributed by atoms with Gasteiger partial charge in [-0.2, -0.15) is 0 Å². The molecule has 0 aromatic carbocycles. The van der Waals surface area contributed by atoms with Gasteiger partial charge in [-0.3, -0.25) is 9.78 Å². The third kappa shape index (κ3) is 5.07. The fourth-order valence-electron chi connectivity index (χ4n) is 1.21. The van der Waals surface area contributed by atoms with Crippen molar-refractivity contribution in [2.45, 2.75) is 0 Å². The van der Waals surface area contributed by atoms with Crippen LogP contribution < -0.4 is 16.4 Å². The number of hydrogen-bond acceptors (Lipinski definition) is 5. The van der Waals surface area contributed by atoms with Crippen LogP contribution in [0.5, 0.6) is 0 Å². The minimum Gasteiger partial charge on any atom is -0.388 e. The van der Waals surface area contributed by atoms with Crippen molar-refractivity contribution in [3.8, 4) is 0 Å². The molecule has 0 saturated carbocycles. The highest BCUT2D eigenvalue weighted by molar-refractivity contribution is 7.80. The summed E-state index contributed by atoms with van der Waals surface area (Å²) in [4.78, 5) is 15.6. The van der Waals surface area contributed by atoms with E-state index in [0.717, 1.165) is 5.69 Å². The lowest BCUT2D eigenvalue weighted by Gasteiger charge is -2.08. The van der Waals surface area contributed by atoms with Crippen LogP contribution in [-0.2, 0) is 9.53 Å². The molecule has 0 radical (unpaired) electrons. The molecule has 4 N–H and O–H groups in total. The molecule has 98 valence electrons. The van der Waals surface area contributed by atoms with Crippen molar-refractivity contribution >= 4 is 28.8 Å². The molecule has 0 aliphatic carbocycles. The van der Waals surface area contributed by atoms with Crippen LogP contribution in [0.25, 0.3) is 0 Å². The normalized spacial score (nSPS) is 9.83. The quantitative estimate of drug-likeness (QED) is 0.472. The third-order valence-corrected chi connectivity index (χ3v) is 2.30. The van der Waals surface area contributed by atoms with Crippen LogP contribution in [0.4, 0.5) is 5.69 Å². The summed E-state index contributed by atoms with van der Waals surface area (Å²) in [5.74, 6) is -0.110. The zero-order chi connectivity index (χ0) is 13.4. The van der Waals surface area contributed by atoms with Crippen molar-refractivity contribution in [2.24, 2.45) is 5.73 Å². The number of carbonyl (C=O) groups is 1. The number of nitrogens with zero attached hydrogens (tertiary/aromatic N) is 1. The Morgan fingerprint density at radius 2 is 2.39 bits per heavy atom. The fourth-order valence-corrected chi connectivity index (χ4v) is 1.32. The maximum absolute atomic E-state index is 11.4. The van der Waals surface area contributed by atoms with E-state index in [1.165, 1.54) is 0 Å². The standard InChI is InChI=1S/C11H16N4O2S/c1-17-5-4-14-10(16)7-15-8-2-3-13-9(6-8)11(12)18/h2-3,6H,4-5,7H2,1H3,(H2,12,18)(H,13,15)(H,14,16). The van der Waals surface area contributed by atoms with E-state index in [0.29, 0.717) is 18.8 Å². The number of thiocarbonyl (C=S) groups is 1. The van der Waals surface area contributed by atoms with E-state index in [9.17, 15) is 4.79 Å². The van der Waals surface area contributed by atoms with Crippen LogP contribution in [0.15, 0.2) is 18.3 Å². The van der Waals surface area contributed by atoms with Gasteiger partial charge in [0, 0.05) is 25.5 Å². The second-order valence-corrected chi connectivity index (χ2v) is 3.93. The lowest BCUT2D eigenvalue weighted by molar-refractivity contribution is -0.119. The molecule has 1 aromatic heterocycles. The number of carbonyl (C=O) groups excluding carboxylic acids is 1. The Kier molecular flexibility index (Phi) is 6.03. The molecule has 6 nitrogen and oxygen atoms in total. The molecule has 1 heterocycles. The van der Waals surface area contributed by atoms with Crippen LogP contribution in [0.2, 0.25) is 0 Å². The largest absolute Gasteiger partial charge is 0.388 e. The van der Waals surface area contributed by atoms with E-state index in [4.69, 9.17) is 22.7 Å². The number of hydrogen-bond donors (Lipinski definition) is 3. The molecule has 1 amide bonds. The smallest absolute Gasteiger partial charge is 0.239 e. The van der Waals surface area contributed by atoms with Gasteiger partial charge in [0.2, 0.25) is 5.91 Å². The molecular formula is C11H16N4O2S. The summed E-state index contributed by atoms with van der Waals surface area (Å²) < 4.78 is 4.83. The number of rotatable bonds is 7. The molecule has 0 atom stereocenters. The summed E-state index contributed by atoms with van der Waals surface area (Å²) in [6.45, 7) is 1.16. The molecule has 0 spiro atoms. The molecule has 1 aromatic rings. The van der Waals surface area contributed by atoms with Gasteiger partial charge in [0.05, 0.1) is 18.8 Å². The highest BCUT2D eigenvalue weighted by atomic mass is 32.1. The predicted octanol–water partition coefficient (Wildman–Crippen LogP) is -0.110. The molecule has 18 heavy (non-hydrogen) atoms. The highest BCUT2D eigenvalue weighted by Gasteiger charge is 2.02. The third-order valence-electron chi connectivity index (χ3n) is 2.09. The van der Waals surface area contributed by atoms with Crippen molar-refractivity contribution in [2.75, 3.05) is 32.1 Å². The van der Waals surface area contributed by atoms with Gasteiger partial charge in [-0.25, -0.2) is 0 Å². The number of amides is 1. The average molecular weight is 268 g/mol. The highest BCUT2D eigenvalue weighted by Crippen LogP contribution is 2.07. The second kappa shape index (κ2) is 7.57. The van der Waals surface area contributed by atoms with Crippen molar-refractivity contribution in [1.29, 1.82) is 0 Å². The number of nitrogens with one attached hydrogen (secondary N) is 2. The lowest BCUT2D eigenvalue weighted by Crippen LogP contribution is -2.32. The van der Waals surface area contributed by atoms with Gasteiger partial charge in [0.1, 0.15) is 4.99 Å². The van der Waals surface area contributed by atoms with Crippen LogP contribution in [0.1, 0.15) is 5.69 Å². The van der Waals surface area contributed by atoms with Gasteiger partial charge in [-0.05, 0) is 12.1 Å². The Morgan fingerprint density at radius 1 is 1.61 bits per heavy atom. The summed E-state index contributed by atoms with van der Waals surface area (Å²) in [7, 11) is 1.58. The molecule has 0 bridgehead atoms. The zero-order valence-corrected chi connectivity index (χ0v) is 10.9. The van der Waals surface area contributed by atoms with E-state index >= 15 is 0 Å². The molecule has 0 unspecified atom stereocenters. The molecule has 0 fully saturated rings. The number of methoxy groups -OCH3 is 1. The first kappa shape index (κ1) is 14.3. The Hall–Kier alpha value is -1.73. The Balaban J connectivity index is 2.41. The minimum absolute atomic E-state index is 0.110. The van der Waals surface area contributed by atoms with Gasteiger partial charge < -0.3 is 21.1 Å². The van der Waals surface area contributed by atoms with Crippen LogP contribution in [0.3, 0.4) is 0 Å². The van der Waals surface area contributed by atoms with E-state index in [-0.39, 0.29) is 17.4 Å². The van der Waals surface area contributed by atoms with Gasteiger partial charge in [-0.15, -0.1) is 0 Å². The number of ether oxygens (including phenoxy) is 1. The first-order valence-corrected chi connectivity index (χ1v) is 5.79.